The maximum absolute atomic E-state index is 4.95. The van der Waals surface area contributed by atoms with Gasteiger partial charge in [0.15, 0.2) is 5.65 Å². The average Bonchev–Trinajstić information content (AvgIpc) is 3.13. The van der Waals surface area contributed by atoms with E-state index >= 15 is 0 Å². The first-order valence-corrected chi connectivity index (χ1v) is 8.51. The summed E-state index contributed by atoms with van der Waals surface area (Å²) in [4.78, 5) is 12.0. The molecule has 0 radical (unpaired) electrons. The highest BCUT2D eigenvalue weighted by molar-refractivity contribution is 5.71. The number of nitrogens with one attached hydrogen (secondary N) is 1. The van der Waals surface area contributed by atoms with Crippen LogP contribution in [-0.2, 0) is 6.54 Å². The Labute approximate surface area is 131 Å². The second-order valence-electron chi connectivity index (χ2n) is 6.89. The van der Waals surface area contributed by atoms with E-state index in [1.54, 1.807) is 0 Å². The Kier molecular flexibility index (Phi) is 3.84. The number of piperidine rings is 1. The minimum absolute atomic E-state index is 0.552. The van der Waals surface area contributed by atoms with Crippen LogP contribution in [-0.4, -0.2) is 52.7 Å². The Balaban J connectivity index is 1.69. The first kappa shape index (κ1) is 14.2. The number of hydrogen-bond acceptors (Lipinski definition) is 4. The van der Waals surface area contributed by atoms with Gasteiger partial charge < -0.3 is 14.8 Å². The largest absolute Gasteiger partial charge is 0.316 e. The Hall–Kier alpha value is -1.46. The van der Waals surface area contributed by atoms with Crippen LogP contribution in [0.4, 0.5) is 0 Å². The van der Waals surface area contributed by atoms with Crippen molar-refractivity contribution in [2.24, 2.45) is 5.92 Å². The summed E-state index contributed by atoms with van der Waals surface area (Å²) in [6, 6.07) is 4.09. The molecular formula is C17H25N5. The van der Waals surface area contributed by atoms with Gasteiger partial charge in [-0.2, -0.15) is 0 Å². The Bertz CT molecular complexity index is 644. The van der Waals surface area contributed by atoms with E-state index in [-0.39, 0.29) is 0 Å². The van der Waals surface area contributed by atoms with Gasteiger partial charge >= 0.3 is 0 Å². The Morgan fingerprint density at radius 2 is 2.32 bits per heavy atom. The number of imidazole rings is 1. The lowest BCUT2D eigenvalue weighted by molar-refractivity contribution is 0.333. The Morgan fingerprint density at radius 1 is 1.36 bits per heavy atom. The third-order valence-electron chi connectivity index (χ3n) is 5.13. The molecule has 0 amide bonds. The summed E-state index contributed by atoms with van der Waals surface area (Å²) in [5, 5.41) is 3.53. The summed E-state index contributed by atoms with van der Waals surface area (Å²) in [5.41, 5.74) is 2.12. The highest BCUT2D eigenvalue weighted by Crippen LogP contribution is 2.29. The third kappa shape index (κ3) is 2.63. The van der Waals surface area contributed by atoms with Gasteiger partial charge in [0.25, 0.3) is 0 Å². The molecule has 2 aromatic heterocycles. The van der Waals surface area contributed by atoms with Crippen LogP contribution in [0.2, 0.25) is 0 Å². The predicted octanol–water partition coefficient (Wildman–Crippen LogP) is 1.85. The van der Waals surface area contributed by atoms with E-state index in [1.165, 1.54) is 38.2 Å². The number of likely N-dealkylation sites (N-methyl/N-ethyl adjacent to an activating group) is 1. The fourth-order valence-corrected chi connectivity index (χ4v) is 3.95. The molecule has 5 nitrogen and oxygen atoms in total. The van der Waals surface area contributed by atoms with Crippen molar-refractivity contribution in [3.05, 3.63) is 24.2 Å². The number of aromatic nitrogens is 3. The quantitative estimate of drug-likeness (QED) is 0.939. The lowest BCUT2D eigenvalue weighted by Gasteiger charge is -2.24. The van der Waals surface area contributed by atoms with E-state index in [1.807, 2.05) is 12.3 Å². The van der Waals surface area contributed by atoms with Crippen LogP contribution in [0.25, 0.3) is 11.2 Å². The van der Waals surface area contributed by atoms with Gasteiger partial charge in [-0.25, -0.2) is 9.97 Å². The molecule has 2 aromatic rings. The van der Waals surface area contributed by atoms with Gasteiger partial charge in [0, 0.05) is 25.2 Å². The zero-order chi connectivity index (χ0) is 14.9. The minimum Gasteiger partial charge on any atom is -0.316 e. The monoisotopic (exact) mass is 299 g/mol. The van der Waals surface area contributed by atoms with Crippen LogP contribution in [0.5, 0.6) is 0 Å². The van der Waals surface area contributed by atoms with Crippen LogP contribution < -0.4 is 5.32 Å². The van der Waals surface area contributed by atoms with Gasteiger partial charge in [-0.05, 0) is 64.0 Å². The molecule has 118 valence electrons. The average molecular weight is 299 g/mol. The SMILES string of the molecule is CN1CCC(c2nc3cccnc3n2CC2CCCNC2)C1. The van der Waals surface area contributed by atoms with Crippen LogP contribution in [0.1, 0.15) is 31.0 Å². The predicted molar refractivity (Wildman–Crippen MR) is 88.0 cm³/mol. The van der Waals surface area contributed by atoms with E-state index in [2.05, 4.69) is 32.9 Å². The van der Waals surface area contributed by atoms with Crippen molar-refractivity contribution in [2.45, 2.75) is 31.7 Å². The lowest BCUT2D eigenvalue weighted by atomic mass is 9.99. The number of pyridine rings is 1. The standard InChI is InChI=1S/C17H25N5/c1-21-9-6-14(12-21)16-20-15-5-3-8-19-17(15)22(16)11-13-4-2-7-18-10-13/h3,5,8,13-14,18H,2,4,6-7,9-12H2,1H3. The van der Waals surface area contributed by atoms with Crippen molar-refractivity contribution in [2.75, 3.05) is 33.2 Å². The van der Waals surface area contributed by atoms with E-state index in [4.69, 9.17) is 4.98 Å². The van der Waals surface area contributed by atoms with Crippen LogP contribution >= 0.6 is 0 Å². The highest BCUT2D eigenvalue weighted by atomic mass is 15.2. The molecule has 2 aliphatic rings. The van der Waals surface area contributed by atoms with Crippen LogP contribution in [0.3, 0.4) is 0 Å². The molecule has 4 heterocycles. The number of likely N-dealkylation sites (tertiary alicyclic amines) is 1. The Morgan fingerprint density at radius 3 is 3.09 bits per heavy atom. The molecular weight excluding hydrogens is 274 g/mol. The molecule has 1 N–H and O–H groups in total. The fourth-order valence-electron chi connectivity index (χ4n) is 3.95. The highest BCUT2D eigenvalue weighted by Gasteiger charge is 2.28. The third-order valence-corrected chi connectivity index (χ3v) is 5.13. The molecule has 0 saturated carbocycles. The molecule has 4 rings (SSSR count). The van der Waals surface area contributed by atoms with E-state index < -0.39 is 0 Å². The number of nitrogens with zero attached hydrogens (tertiary/aromatic N) is 4. The summed E-state index contributed by atoms with van der Waals surface area (Å²) >= 11 is 0. The molecule has 2 fully saturated rings. The maximum Gasteiger partial charge on any atom is 0.160 e. The fraction of sp³-hybridized carbons (Fsp3) is 0.647. The summed E-state index contributed by atoms with van der Waals surface area (Å²) in [6.07, 6.45) is 5.70. The molecule has 0 aliphatic carbocycles. The first-order valence-electron chi connectivity index (χ1n) is 8.51. The smallest absolute Gasteiger partial charge is 0.160 e. The molecule has 2 aliphatic heterocycles. The summed E-state index contributed by atoms with van der Waals surface area (Å²) in [6.45, 7) is 5.63. The zero-order valence-electron chi connectivity index (χ0n) is 13.3. The van der Waals surface area contributed by atoms with Crippen molar-refractivity contribution in [1.29, 1.82) is 0 Å². The van der Waals surface area contributed by atoms with Gasteiger partial charge in [0.05, 0.1) is 0 Å². The number of fused-ring (bicyclic) bond motifs is 1. The molecule has 5 heteroatoms. The van der Waals surface area contributed by atoms with Gasteiger partial charge in [-0.3, -0.25) is 0 Å². The van der Waals surface area contributed by atoms with Gasteiger partial charge in [0.2, 0.25) is 0 Å². The van der Waals surface area contributed by atoms with Gasteiger partial charge in [0.1, 0.15) is 11.3 Å². The van der Waals surface area contributed by atoms with E-state index in [0.29, 0.717) is 11.8 Å². The molecule has 0 aromatic carbocycles. The summed E-state index contributed by atoms with van der Waals surface area (Å²) < 4.78 is 2.41. The van der Waals surface area contributed by atoms with Crippen molar-refractivity contribution >= 4 is 11.2 Å². The van der Waals surface area contributed by atoms with Crippen molar-refractivity contribution in [3.63, 3.8) is 0 Å². The number of rotatable bonds is 3. The number of hydrogen-bond donors (Lipinski definition) is 1. The second kappa shape index (κ2) is 5.97. The van der Waals surface area contributed by atoms with Gasteiger partial charge in [-0.1, -0.05) is 0 Å². The molecule has 2 unspecified atom stereocenters. The van der Waals surface area contributed by atoms with Crippen LogP contribution in [0.15, 0.2) is 18.3 Å². The van der Waals surface area contributed by atoms with E-state index in [9.17, 15) is 0 Å². The van der Waals surface area contributed by atoms with Crippen LogP contribution in [0, 0.1) is 5.92 Å². The second-order valence-corrected chi connectivity index (χ2v) is 6.89. The first-order chi connectivity index (χ1) is 10.8. The zero-order valence-corrected chi connectivity index (χ0v) is 13.3. The summed E-state index contributed by atoms with van der Waals surface area (Å²) in [7, 11) is 2.20. The molecule has 0 spiro atoms. The molecule has 22 heavy (non-hydrogen) atoms. The van der Waals surface area contributed by atoms with Gasteiger partial charge in [-0.15, -0.1) is 0 Å². The summed E-state index contributed by atoms with van der Waals surface area (Å²) in [5.74, 6) is 2.51. The normalized spacial score (nSPS) is 26.8. The maximum atomic E-state index is 4.95. The van der Waals surface area contributed by atoms with E-state index in [0.717, 1.165) is 30.8 Å². The van der Waals surface area contributed by atoms with Crippen molar-refractivity contribution in [1.82, 2.24) is 24.8 Å². The lowest BCUT2D eigenvalue weighted by Crippen LogP contribution is -2.32. The molecule has 2 saturated heterocycles. The van der Waals surface area contributed by atoms with Crippen molar-refractivity contribution < 1.29 is 0 Å². The minimum atomic E-state index is 0.552. The van der Waals surface area contributed by atoms with Crippen molar-refractivity contribution in [3.8, 4) is 0 Å². The molecule has 0 bridgehead atoms. The topological polar surface area (TPSA) is 46.0 Å². The molecule has 2 atom stereocenters.